The first kappa shape index (κ1) is 87.3. The number of aromatic nitrogens is 3. The molecule has 8 aromatic carbocycles. The lowest BCUT2D eigenvalue weighted by molar-refractivity contribution is -0.869. The maximum Gasteiger partial charge on any atom is 0.501 e. The number of nitrogens with zero attached hydrogens (tertiary/aromatic N) is 9. The van der Waals surface area contributed by atoms with Crippen molar-refractivity contribution in [3.05, 3.63) is 236 Å². The van der Waals surface area contributed by atoms with Gasteiger partial charge in [0.1, 0.15) is 49.1 Å². The van der Waals surface area contributed by atoms with Crippen LogP contribution in [0.5, 0.6) is 40.2 Å². The number of likely N-dealkylation sites (N-methyl/N-ethyl adjacent to an activating group) is 1. The molecule has 1 saturated heterocycles. The van der Waals surface area contributed by atoms with Gasteiger partial charge in [0.25, 0.3) is 23.6 Å². The minimum Gasteiger partial charge on any atom is -0.493 e. The average molecular weight is 1720 g/mol. The van der Waals surface area contributed by atoms with Gasteiger partial charge in [-0.05, 0) is 126 Å². The third kappa shape index (κ3) is 21.2. The second-order valence-corrected chi connectivity index (χ2v) is 34.5. The number of amides is 4. The van der Waals surface area contributed by atoms with E-state index in [4.69, 9.17) is 56.2 Å². The van der Waals surface area contributed by atoms with E-state index in [1.165, 1.54) is 61.4 Å². The summed E-state index contributed by atoms with van der Waals surface area (Å²) in [4.78, 5) is 84.5. The third-order valence-corrected chi connectivity index (χ3v) is 24.0. The van der Waals surface area contributed by atoms with Crippen molar-refractivity contribution < 1.29 is 112 Å². The number of ketones is 1. The number of hydrogen-bond acceptors (Lipinski definition) is 27. The van der Waals surface area contributed by atoms with Gasteiger partial charge in [-0.3, -0.25) is 34.0 Å². The smallest absolute Gasteiger partial charge is 0.493 e. The molecule has 9 aromatic rings. The molecular weight excluding hydrogens is 1630 g/mol. The van der Waals surface area contributed by atoms with Gasteiger partial charge in [0, 0.05) is 73.9 Å². The van der Waals surface area contributed by atoms with Gasteiger partial charge in [0.05, 0.1) is 139 Å². The highest BCUT2D eigenvalue weighted by Crippen LogP contribution is 2.43. The number of carbonyl (C=O) groups excluding carboxylic acids is 5. The van der Waals surface area contributed by atoms with Crippen molar-refractivity contribution in [1.82, 2.24) is 35.0 Å². The summed E-state index contributed by atoms with van der Waals surface area (Å²) in [7, 11) is -0.172. The molecule has 0 spiro atoms. The predicted molar refractivity (Wildman–Crippen MR) is 446 cm³/mol. The van der Waals surface area contributed by atoms with Gasteiger partial charge in [-0.1, -0.05) is 83.6 Å². The molecule has 7 atom stereocenters. The summed E-state index contributed by atoms with van der Waals surface area (Å²) >= 11 is 0. The molecule has 5 N–H and O–H groups in total. The van der Waals surface area contributed by atoms with Crippen LogP contribution in [-0.4, -0.2) is 250 Å². The van der Waals surface area contributed by atoms with Gasteiger partial charge in [0.15, 0.2) is 50.1 Å². The van der Waals surface area contributed by atoms with Crippen LogP contribution >= 0.6 is 0 Å². The van der Waals surface area contributed by atoms with E-state index < -0.39 is 75.0 Å². The molecule has 0 saturated carbocycles. The lowest BCUT2D eigenvalue weighted by Gasteiger charge is -2.39. The number of nitrogens with one attached hydrogen (secondary N) is 1. The van der Waals surface area contributed by atoms with Crippen molar-refractivity contribution in [3.63, 3.8) is 0 Å². The minimum absolute atomic E-state index is 0.0122. The van der Waals surface area contributed by atoms with Crippen LogP contribution in [0.15, 0.2) is 179 Å². The van der Waals surface area contributed by atoms with Crippen LogP contribution in [0, 0.1) is 6.92 Å². The number of Topliss-reactive ketones (excluding diaryl/α,β-unsaturated/α-hetero) is 1. The number of aliphatic hydroxyl groups excluding tert-OH is 4. The Bertz CT molecular complexity index is 5540. The molecule has 4 amide bonds. The summed E-state index contributed by atoms with van der Waals surface area (Å²) in [5, 5.41) is 53.5. The Morgan fingerprint density at radius 1 is 0.610 bits per heavy atom. The number of quaternary nitrogens is 1. The molecule has 1 aromatic heterocycles. The summed E-state index contributed by atoms with van der Waals surface area (Å²) in [6.07, 6.45) is -2.96. The molecule has 3 unspecified atom stereocenters. The first-order chi connectivity index (χ1) is 59.1. The van der Waals surface area contributed by atoms with Gasteiger partial charge in [-0.25, -0.2) is 13.1 Å². The van der Waals surface area contributed by atoms with Crippen LogP contribution in [0.4, 0.5) is 11.4 Å². The highest BCUT2D eigenvalue weighted by atomic mass is 32.3. The second-order valence-electron chi connectivity index (χ2n) is 31.2. The fraction of sp³-hybridized carbons (Fsp3) is 0.352. The molecule has 5 aliphatic heterocycles. The zero-order valence-corrected chi connectivity index (χ0v) is 70.0. The normalized spacial score (nSPS) is 18.4. The molecule has 5 aliphatic rings. The van der Waals surface area contributed by atoms with Crippen molar-refractivity contribution >= 4 is 73.5 Å². The molecule has 0 aliphatic carbocycles. The van der Waals surface area contributed by atoms with Crippen molar-refractivity contribution in [1.29, 1.82) is 0 Å². The molecular formula is C88H95N10O23S2+. The standard InChI is InChI=1S/C88H94N10O23S2/c1-54-15-22-68(23-16-54)122(108,109)34-25-73(100)57-17-19-58(20-18-57)85(105)94(27-30-98(2,3)4)28-32-115-53-64-49-95(93-92-64)29-33-114-31-26-89-84(104)61-21-24-74(118-88-83(103)82(102)81(101)80(50-99)119-88)79(40-61)121-123(110,111)120-67-36-55(51-116-77-43-71-69(41-75(77)112-5)86(106)96-47-62-13-9-7-11-59(62)38-65(96)45-90-71)35-56(37-67)52-117-78-44-72-70(42-76(78)113-6)87(107)97-48-63-14-10-8-12-60(63)39-66(97)46-91-72/h7-24,35-37,40-46,49,65-66,80-83,88,99,101-103H,25-34,38-39,47-48,50-53H2,1-6H3/p+1/t65?,66?,80-,81+,82+,83-,88?/m1/s1. The number of sulfone groups is 1. The van der Waals surface area contributed by atoms with Crippen molar-refractivity contribution in [2.75, 3.05) is 93.7 Å². The van der Waals surface area contributed by atoms with E-state index in [0.29, 0.717) is 77.3 Å². The maximum absolute atomic E-state index is 14.6. The number of aliphatic imine (C=N–C) groups is 2. The molecule has 14 rings (SSSR count). The summed E-state index contributed by atoms with van der Waals surface area (Å²) in [5.41, 5.74) is 7.92. The third-order valence-electron chi connectivity index (χ3n) is 21.5. The Morgan fingerprint density at radius 2 is 1.20 bits per heavy atom. The minimum atomic E-state index is -5.35. The number of aliphatic hydroxyl groups is 4. The number of aryl methyl sites for hydroxylation is 1. The molecule has 646 valence electrons. The molecule has 1 fully saturated rings. The first-order valence-electron chi connectivity index (χ1n) is 39.8. The van der Waals surface area contributed by atoms with E-state index in [2.05, 4.69) is 15.6 Å². The van der Waals surface area contributed by atoms with E-state index in [1.807, 2.05) is 76.6 Å². The Balaban J connectivity index is 0.632. The van der Waals surface area contributed by atoms with Crippen LogP contribution < -0.4 is 37.4 Å². The number of hydrogen-bond donors (Lipinski definition) is 5. The highest BCUT2D eigenvalue weighted by Gasteiger charge is 2.46. The lowest BCUT2D eigenvalue weighted by atomic mass is 9.94. The first-order valence-corrected chi connectivity index (χ1v) is 42.8. The van der Waals surface area contributed by atoms with Gasteiger partial charge in [-0.15, -0.1) is 13.5 Å². The fourth-order valence-electron chi connectivity index (χ4n) is 14.7. The van der Waals surface area contributed by atoms with Gasteiger partial charge in [0.2, 0.25) is 6.29 Å². The van der Waals surface area contributed by atoms with E-state index in [0.717, 1.165) is 39.9 Å². The van der Waals surface area contributed by atoms with Crippen molar-refractivity contribution in [2.24, 2.45) is 9.98 Å². The van der Waals surface area contributed by atoms with Crippen molar-refractivity contribution in [3.8, 4) is 40.2 Å². The van der Waals surface area contributed by atoms with E-state index in [-0.39, 0.29) is 163 Å². The quantitative estimate of drug-likeness (QED) is 0.0149. The lowest BCUT2D eigenvalue weighted by Crippen LogP contribution is -2.60. The number of ether oxygens (including phenoxy) is 8. The summed E-state index contributed by atoms with van der Waals surface area (Å²) < 4.78 is 116. The Hall–Kier alpha value is -12.0. The number of rotatable bonds is 36. The number of fused-ring (bicyclic) bond motifs is 6. The number of benzene rings is 8. The number of methoxy groups -OCH3 is 2. The largest absolute Gasteiger partial charge is 0.501 e. The molecule has 0 radical (unpaired) electrons. The summed E-state index contributed by atoms with van der Waals surface area (Å²) in [5.74, 6) is -3.08. The van der Waals surface area contributed by atoms with Crippen molar-refractivity contribution in [2.45, 2.75) is 113 Å². The SMILES string of the molecule is COc1cc2c(cc1OCc1cc(COc3cc4c(cc3OC)C(=O)N3Cc5ccccc5CC3C=N4)cc(OS(=O)(=O)Oc3cc(C(=O)NCCOCCn4cc(COCCN(CC[N+](C)(C)C)C(=O)c5ccc(C(=O)CCS(=O)(=O)c6ccc(C)cc6)cc5)nn4)ccc3OC3O[C@H](CO)[C@H](O)[C@H](O)[C@H]3O)c1)N=CC1Cc3ccccc3CN1C2=O. The average Bonchev–Trinajstić information content (AvgIpc) is 1.69. The van der Waals surface area contributed by atoms with E-state index in [9.17, 15) is 61.2 Å². The van der Waals surface area contributed by atoms with Crippen LogP contribution in [0.3, 0.4) is 0 Å². The van der Waals surface area contributed by atoms with E-state index >= 15 is 0 Å². The molecule has 35 heteroatoms. The van der Waals surface area contributed by atoms with Crippen LogP contribution in [0.25, 0.3) is 0 Å². The highest BCUT2D eigenvalue weighted by molar-refractivity contribution is 7.91. The predicted octanol–water partition coefficient (Wildman–Crippen LogP) is 7.07. The maximum atomic E-state index is 14.6. The zero-order valence-electron chi connectivity index (χ0n) is 68.4. The fourth-order valence-corrected chi connectivity index (χ4v) is 16.6. The Labute approximate surface area is 710 Å². The van der Waals surface area contributed by atoms with E-state index in [1.54, 1.807) is 87.9 Å². The molecule has 6 heterocycles. The zero-order chi connectivity index (χ0) is 86.9. The Morgan fingerprint density at radius 3 is 1.78 bits per heavy atom. The molecule has 0 bridgehead atoms. The van der Waals surface area contributed by atoms with Gasteiger partial charge in [-0.2, -0.15) is 0 Å². The van der Waals surface area contributed by atoms with Crippen LogP contribution in [-0.2, 0) is 86.7 Å². The topological polar surface area (TPSA) is 404 Å². The molecule has 123 heavy (non-hydrogen) atoms. The Kier molecular flexibility index (Phi) is 27.1. The second kappa shape index (κ2) is 38.2. The van der Waals surface area contributed by atoms with Gasteiger partial charge >= 0.3 is 10.4 Å². The summed E-state index contributed by atoms with van der Waals surface area (Å²) in [6.45, 7) is 2.93. The van der Waals surface area contributed by atoms with Crippen LogP contribution in [0.1, 0.15) is 103 Å². The number of carbonyl (C=O) groups is 5. The monoisotopic (exact) mass is 1720 g/mol. The summed E-state index contributed by atoms with van der Waals surface area (Å²) in [6, 6.07) is 41.8. The van der Waals surface area contributed by atoms with Crippen LogP contribution in [0.2, 0.25) is 0 Å². The van der Waals surface area contributed by atoms with Gasteiger partial charge < -0.3 is 91.2 Å². The molecule has 33 nitrogen and oxygen atoms in total.